The van der Waals surface area contributed by atoms with Gasteiger partial charge >= 0.3 is 0 Å². The summed E-state index contributed by atoms with van der Waals surface area (Å²) < 4.78 is 5.83. The van der Waals surface area contributed by atoms with Crippen LogP contribution in [-0.2, 0) is 17.6 Å². The molecule has 3 atom stereocenters. The number of nitrogens with zero attached hydrogens (tertiary/aromatic N) is 1. The molecule has 0 aromatic heterocycles. The normalized spacial score (nSPS) is 23.6. The fourth-order valence-corrected chi connectivity index (χ4v) is 5.37. The van der Waals surface area contributed by atoms with E-state index < -0.39 is 0 Å². The number of fused-ring (bicyclic) bond motifs is 2. The van der Waals surface area contributed by atoms with Crippen LogP contribution in [-0.4, -0.2) is 29.4 Å². The Morgan fingerprint density at radius 3 is 2.64 bits per heavy atom. The number of guanidine groups is 1. The summed E-state index contributed by atoms with van der Waals surface area (Å²) in [6, 6.07) is 14.3. The molecular weight excluding hydrogens is 452 g/mol. The molecule has 0 fully saturated rings. The maximum absolute atomic E-state index is 12.8. The Morgan fingerprint density at radius 1 is 1.17 bits per heavy atom. The molecule has 2 aromatic rings. The first-order valence-corrected chi connectivity index (χ1v) is 13.1. The second kappa shape index (κ2) is 10.7. The summed E-state index contributed by atoms with van der Waals surface area (Å²) in [5.41, 5.74) is 9.70. The molecule has 0 radical (unpaired) electrons. The number of rotatable bonds is 4. The highest BCUT2D eigenvalue weighted by molar-refractivity contribution is 5.98. The minimum atomic E-state index is -0.244. The van der Waals surface area contributed by atoms with Gasteiger partial charge in [0.05, 0.1) is 24.1 Å². The van der Waals surface area contributed by atoms with E-state index in [0.29, 0.717) is 12.3 Å². The first kappa shape index (κ1) is 25.7. The number of amides is 2. The van der Waals surface area contributed by atoms with Crippen molar-refractivity contribution in [1.29, 1.82) is 0 Å². The quantitative estimate of drug-likeness (QED) is 0.589. The summed E-state index contributed by atoms with van der Waals surface area (Å²) in [4.78, 5) is 28.2. The summed E-state index contributed by atoms with van der Waals surface area (Å²) in [6.07, 6.45) is 5.44. The van der Waals surface area contributed by atoms with Gasteiger partial charge in [0.25, 0.3) is 5.91 Å². The molecule has 4 N–H and O–H groups in total. The molecule has 0 saturated heterocycles. The number of hydrogen-bond acceptors (Lipinski definition) is 5. The lowest BCUT2D eigenvalue weighted by Gasteiger charge is -2.30. The highest BCUT2D eigenvalue weighted by Gasteiger charge is 2.33. The lowest BCUT2D eigenvalue weighted by molar-refractivity contribution is -0.121. The Morgan fingerprint density at radius 2 is 1.92 bits per heavy atom. The van der Waals surface area contributed by atoms with Crippen LogP contribution >= 0.6 is 0 Å². The molecule has 7 nitrogen and oxygen atoms in total. The van der Waals surface area contributed by atoms with Gasteiger partial charge in [-0.05, 0) is 79.8 Å². The van der Waals surface area contributed by atoms with E-state index in [0.717, 1.165) is 49.0 Å². The van der Waals surface area contributed by atoms with E-state index >= 15 is 0 Å². The van der Waals surface area contributed by atoms with Crippen LogP contribution in [0.15, 0.2) is 47.5 Å². The van der Waals surface area contributed by atoms with Gasteiger partial charge in [0, 0.05) is 5.56 Å². The van der Waals surface area contributed by atoms with Crippen LogP contribution in [0.2, 0.25) is 0 Å². The van der Waals surface area contributed by atoms with Crippen LogP contribution in [0.25, 0.3) is 0 Å². The Hall–Kier alpha value is -3.35. The Balaban J connectivity index is 0.000000214. The zero-order chi connectivity index (χ0) is 25.9. The van der Waals surface area contributed by atoms with Crippen LogP contribution in [0.4, 0.5) is 0 Å². The highest BCUT2D eigenvalue weighted by Crippen LogP contribution is 2.36. The van der Waals surface area contributed by atoms with Crippen LogP contribution < -0.4 is 21.1 Å². The lowest BCUT2D eigenvalue weighted by Crippen LogP contribution is -2.48. The van der Waals surface area contributed by atoms with Gasteiger partial charge in [0.15, 0.2) is 5.96 Å². The van der Waals surface area contributed by atoms with E-state index in [2.05, 4.69) is 47.7 Å². The topological polar surface area (TPSA) is 106 Å². The Labute approximate surface area is 213 Å². The maximum Gasteiger partial charge on any atom is 0.251 e. The minimum absolute atomic E-state index is 0.00461. The molecule has 3 unspecified atom stereocenters. The molecule has 2 aliphatic heterocycles. The number of aryl methyl sites for hydroxylation is 1. The van der Waals surface area contributed by atoms with Gasteiger partial charge in [0.2, 0.25) is 5.91 Å². The molecule has 0 saturated carbocycles. The smallest absolute Gasteiger partial charge is 0.251 e. The molecule has 192 valence electrons. The second-order valence-electron chi connectivity index (χ2n) is 10.3. The van der Waals surface area contributed by atoms with Crippen molar-refractivity contribution in [3.05, 3.63) is 64.7 Å². The van der Waals surface area contributed by atoms with E-state index in [1.165, 1.54) is 11.1 Å². The summed E-state index contributed by atoms with van der Waals surface area (Å²) in [7, 11) is 0. The van der Waals surface area contributed by atoms with Crippen molar-refractivity contribution >= 4 is 17.8 Å². The van der Waals surface area contributed by atoms with Crippen molar-refractivity contribution in [3.8, 4) is 5.75 Å². The monoisotopic (exact) mass is 490 g/mol. The summed E-state index contributed by atoms with van der Waals surface area (Å²) >= 11 is 0. The van der Waals surface area contributed by atoms with Crippen LogP contribution in [0.3, 0.4) is 0 Å². The molecule has 0 spiro atoms. The van der Waals surface area contributed by atoms with Crippen molar-refractivity contribution < 1.29 is 14.3 Å². The van der Waals surface area contributed by atoms with Gasteiger partial charge in [-0.2, -0.15) is 0 Å². The van der Waals surface area contributed by atoms with E-state index in [4.69, 9.17) is 10.5 Å². The van der Waals surface area contributed by atoms with Crippen molar-refractivity contribution in [2.75, 3.05) is 0 Å². The van der Waals surface area contributed by atoms with E-state index in [1.807, 2.05) is 38.1 Å². The number of hydrogen-bond donors (Lipinski definition) is 3. The molecule has 0 bridgehead atoms. The standard InChI is InChI=1S/C21H23NO2.C8H15N3O/c1-13-11-15-5-3-4-6-18(15)20(13)22-21(23)17-9-10-19-16(12-17)8-7-14(2)24-19;1-3-8(4-2)5-6(12)10-7(9)11-8/h3-6,9-10,12-14,20H,7-8,11H2,1-2H3,(H,22,23);3-5H2,1-2H3,(H3,9,10,11,12). The number of nitrogens with one attached hydrogen (secondary N) is 2. The van der Waals surface area contributed by atoms with Gasteiger partial charge in [-0.1, -0.05) is 45.0 Å². The molecule has 3 aliphatic rings. The number of benzene rings is 2. The number of nitrogens with two attached hydrogens (primary N) is 1. The number of carbonyl (C=O) groups is 2. The van der Waals surface area contributed by atoms with E-state index in [9.17, 15) is 9.59 Å². The minimum Gasteiger partial charge on any atom is -0.490 e. The predicted octanol–water partition coefficient (Wildman–Crippen LogP) is 4.44. The third-order valence-electron chi connectivity index (χ3n) is 7.69. The molecule has 5 rings (SSSR count). The summed E-state index contributed by atoms with van der Waals surface area (Å²) in [5.74, 6) is 1.59. The van der Waals surface area contributed by atoms with E-state index in [1.54, 1.807) is 0 Å². The lowest BCUT2D eigenvalue weighted by atomic mass is 9.88. The van der Waals surface area contributed by atoms with Crippen LogP contribution in [0.5, 0.6) is 5.75 Å². The van der Waals surface area contributed by atoms with Gasteiger partial charge in [0.1, 0.15) is 5.75 Å². The molecule has 2 amide bonds. The van der Waals surface area contributed by atoms with Gasteiger partial charge < -0.3 is 15.8 Å². The van der Waals surface area contributed by atoms with Crippen molar-refractivity contribution in [2.24, 2.45) is 16.6 Å². The van der Waals surface area contributed by atoms with Gasteiger partial charge in [-0.25, -0.2) is 4.99 Å². The average molecular weight is 491 g/mol. The highest BCUT2D eigenvalue weighted by atomic mass is 16.5. The molecule has 1 aliphatic carbocycles. The SMILES string of the molecule is CC1CCc2cc(C(=O)NC3c4ccccc4CC3C)ccc2O1.CCC1(CC)CC(=O)NC(N)=N1. The molecule has 36 heavy (non-hydrogen) atoms. The maximum atomic E-state index is 12.8. The fourth-order valence-electron chi connectivity index (χ4n) is 5.37. The molecule has 7 heteroatoms. The zero-order valence-corrected chi connectivity index (χ0v) is 21.8. The molecular formula is C29H38N4O3. The predicted molar refractivity (Wildman–Crippen MR) is 142 cm³/mol. The van der Waals surface area contributed by atoms with Gasteiger partial charge in [-0.15, -0.1) is 0 Å². The average Bonchev–Trinajstić information content (AvgIpc) is 3.18. The van der Waals surface area contributed by atoms with E-state index in [-0.39, 0.29) is 35.5 Å². The second-order valence-corrected chi connectivity index (χ2v) is 10.3. The zero-order valence-electron chi connectivity index (χ0n) is 21.8. The Bertz CT molecular complexity index is 1150. The van der Waals surface area contributed by atoms with Crippen molar-refractivity contribution in [3.63, 3.8) is 0 Å². The largest absolute Gasteiger partial charge is 0.490 e. The third kappa shape index (κ3) is 5.55. The Kier molecular flexibility index (Phi) is 7.67. The molecule has 2 aromatic carbocycles. The summed E-state index contributed by atoms with van der Waals surface area (Å²) in [5, 5.41) is 5.73. The first-order valence-electron chi connectivity index (χ1n) is 13.1. The van der Waals surface area contributed by atoms with Crippen molar-refractivity contribution in [1.82, 2.24) is 10.6 Å². The summed E-state index contributed by atoms with van der Waals surface area (Å²) in [6.45, 7) is 8.34. The first-order chi connectivity index (χ1) is 17.2. The van der Waals surface area contributed by atoms with Gasteiger partial charge in [-0.3, -0.25) is 14.9 Å². The number of carbonyl (C=O) groups excluding carboxylic acids is 2. The fraction of sp³-hybridized carbons (Fsp3) is 0.483. The third-order valence-corrected chi connectivity index (χ3v) is 7.69. The number of aliphatic imine (C=N–C) groups is 1. The number of ether oxygens (including phenoxy) is 1. The van der Waals surface area contributed by atoms with Crippen molar-refractivity contribution in [2.45, 2.75) is 83.9 Å². The van der Waals surface area contributed by atoms with Crippen LogP contribution in [0, 0.1) is 5.92 Å². The van der Waals surface area contributed by atoms with Crippen LogP contribution in [0.1, 0.15) is 86.5 Å². The molecule has 2 heterocycles.